The summed E-state index contributed by atoms with van der Waals surface area (Å²) in [6.45, 7) is 2.03. The number of halogens is 1. The maximum atomic E-state index is 6.01. The summed E-state index contributed by atoms with van der Waals surface area (Å²) in [6, 6.07) is 8.09. The molecular weight excluding hydrogens is 240 g/mol. The van der Waals surface area contributed by atoms with Gasteiger partial charge in [-0.3, -0.25) is 0 Å². The van der Waals surface area contributed by atoms with Crippen molar-refractivity contribution < 1.29 is 0 Å². The van der Waals surface area contributed by atoms with E-state index in [1.165, 1.54) is 10.4 Å². The van der Waals surface area contributed by atoms with Crippen molar-refractivity contribution in [2.24, 2.45) is 0 Å². The van der Waals surface area contributed by atoms with Crippen LogP contribution < -0.4 is 5.32 Å². The van der Waals surface area contributed by atoms with Crippen molar-refractivity contribution in [1.29, 1.82) is 0 Å². The molecule has 0 amide bonds. The first kappa shape index (κ1) is 11.6. The monoisotopic (exact) mass is 252 g/mol. The van der Waals surface area contributed by atoms with Crippen LogP contribution in [-0.4, -0.2) is 12.0 Å². The number of aryl methyl sites for hydroxylation is 1. The molecule has 2 nitrogen and oxygen atoms in total. The van der Waals surface area contributed by atoms with Gasteiger partial charge in [0.15, 0.2) is 0 Å². The largest absolute Gasteiger partial charge is 0.309 e. The summed E-state index contributed by atoms with van der Waals surface area (Å²) >= 11 is 7.67. The van der Waals surface area contributed by atoms with E-state index in [0.29, 0.717) is 0 Å². The molecule has 1 heterocycles. The van der Waals surface area contributed by atoms with Gasteiger partial charge < -0.3 is 5.32 Å². The number of rotatable bonds is 3. The molecule has 2 aromatic rings. The number of hydrogen-bond donors (Lipinski definition) is 1. The smallest absolute Gasteiger partial charge is 0.0798 e. The lowest BCUT2D eigenvalue weighted by atomic mass is 10.0. The molecule has 0 bridgehead atoms. The van der Waals surface area contributed by atoms with E-state index in [0.717, 1.165) is 10.7 Å². The molecule has 4 heteroatoms. The minimum Gasteiger partial charge on any atom is -0.309 e. The zero-order chi connectivity index (χ0) is 11.5. The molecule has 0 radical (unpaired) electrons. The zero-order valence-corrected chi connectivity index (χ0v) is 10.8. The Labute approximate surface area is 104 Å². The number of nitrogens with zero attached hydrogens (tertiary/aromatic N) is 1. The third-order valence-electron chi connectivity index (χ3n) is 2.52. The lowest BCUT2D eigenvalue weighted by molar-refractivity contribution is 0.698. The Morgan fingerprint density at radius 1 is 1.44 bits per heavy atom. The van der Waals surface area contributed by atoms with Crippen molar-refractivity contribution >= 4 is 22.9 Å². The van der Waals surface area contributed by atoms with E-state index in [-0.39, 0.29) is 6.04 Å². The minimum atomic E-state index is 0.172. The summed E-state index contributed by atoms with van der Waals surface area (Å²) in [5.41, 5.74) is 4.12. The molecule has 0 aliphatic heterocycles. The number of aromatic nitrogens is 1. The first-order valence-electron chi connectivity index (χ1n) is 5.05. The lowest BCUT2D eigenvalue weighted by Crippen LogP contribution is -2.17. The number of nitrogens with one attached hydrogen (secondary N) is 1. The zero-order valence-electron chi connectivity index (χ0n) is 9.20. The van der Waals surface area contributed by atoms with E-state index in [4.69, 9.17) is 11.6 Å². The van der Waals surface area contributed by atoms with E-state index >= 15 is 0 Å². The Hall–Kier alpha value is -0.900. The normalized spacial score (nSPS) is 12.7. The van der Waals surface area contributed by atoms with Crippen LogP contribution in [0.2, 0.25) is 5.02 Å². The van der Waals surface area contributed by atoms with Crippen LogP contribution >= 0.6 is 22.9 Å². The van der Waals surface area contributed by atoms with Gasteiger partial charge >= 0.3 is 0 Å². The second-order valence-electron chi connectivity index (χ2n) is 3.58. The summed E-state index contributed by atoms with van der Waals surface area (Å²) < 4.78 is 0. The third kappa shape index (κ3) is 2.26. The highest BCUT2D eigenvalue weighted by Crippen LogP contribution is 2.28. The molecule has 84 valence electrons. The Balaban J connectivity index is 2.40. The maximum Gasteiger partial charge on any atom is 0.0798 e. The highest BCUT2D eigenvalue weighted by Gasteiger charge is 2.16. The van der Waals surface area contributed by atoms with Crippen molar-refractivity contribution in [3.8, 4) is 0 Å². The van der Waals surface area contributed by atoms with Crippen LogP contribution in [0.1, 0.15) is 22.2 Å². The first-order chi connectivity index (χ1) is 7.72. The predicted octanol–water partition coefficient (Wildman–Crippen LogP) is 3.41. The summed E-state index contributed by atoms with van der Waals surface area (Å²) in [7, 11) is 1.95. The van der Waals surface area contributed by atoms with Crippen molar-refractivity contribution in [3.63, 3.8) is 0 Å². The molecule has 0 saturated heterocycles. The topological polar surface area (TPSA) is 24.9 Å². The van der Waals surface area contributed by atoms with E-state index in [2.05, 4.69) is 16.4 Å². The Morgan fingerprint density at radius 2 is 2.25 bits per heavy atom. The van der Waals surface area contributed by atoms with Crippen molar-refractivity contribution in [3.05, 3.63) is 50.9 Å². The molecule has 1 atom stereocenters. The Morgan fingerprint density at radius 3 is 2.81 bits per heavy atom. The molecule has 0 aliphatic carbocycles. The van der Waals surface area contributed by atoms with Gasteiger partial charge in [0.1, 0.15) is 0 Å². The molecule has 0 aliphatic rings. The fourth-order valence-corrected chi connectivity index (χ4v) is 2.86. The van der Waals surface area contributed by atoms with Crippen LogP contribution in [-0.2, 0) is 0 Å². The third-order valence-corrected chi connectivity index (χ3v) is 3.75. The average Bonchev–Trinajstić information content (AvgIpc) is 2.67. The molecule has 0 saturated carbocycles. The summed E-state index contributed by atoms with van der Waals surface area (Å²) in [4.78, 5) is 5.52. The SMILES string of the molecule is CNC(c1cccc(Cl)c1)c1scnc1C. The molecule has 1 aromatic carbocycles. The Bertz CT molecular complexity index is 481. The van der Waals surface area contributed by atoms with E-state index in [1.807, 2.05) is 37.7 Å². The van der Waals surface area contributed by atoms with Crippen LogP contribution in [0.5, 0.6) is 0 Å². The summed E-state index contributed by atoms with van der Waals surface area (Å²) in [5.74, 6) is 0. The van der Waals surface area contributed by atoms with E-state index in [1.54, 1.807) is 11.3 Å². The van der Waals surface area contributed by atoms with E-state index in [9.17, 15) is 0 Å². The fourth-order valence-electron chi connectivity index (χ4n) is 1.72. The molecule has 16 heavy (non-hydrogen) atoms. The lowest BCUT2D eigenvalue weighted by Gasteiger charge is -2.15. The maximum absolute atomic E-state index is 6.01. The molecule has 0 fully saturated rings. The van der Waals surface area contributed by atoms with Gasteiger partial charge in [0.25, 0.3) is 0 Å². The first-order valence-corrected chi connectivity index (χ1v) is 6.31. The molecule has 1 aromatic heterocycles. The number of benzene rings is 1. The second kappa shape index (κ2) is 4.95. The van der Waals surface area contributed by atoms with Gasteiger partial charge in [-0.05, 0) is 31.7 Å². The van der Waals surface area contributed by atoms with Gasteiger partial charge in [0, 0.05) is 9.90 Å². The standard InChI is InChI=1S/C12H13ClN2S/c1-8-12(16-7-15-8)11(14-2)9-4-3-5-10(13)6-9/h3-7,11,14H,1-2H3. The highest BCUT2D eigenvalue weighted by molar-refractivity contribution is 7.09. The second-order valence-corrected chi connectivity index (χ2v) is 4.90. The molecule has 2 rings (SSSR count). The number of thiazole rings is 1. The molecular formula is C12H13ClN2S. The van der Waals surface area contributed by atoms with Gasteiger partial charge in [0.05, 0.1) is 17.2 Å². The minimum absolute atomic E-state index is 0.172. The quantitative estimate of drug-likeness (QED) is 0.906. The van der Waals surface area contributed by atoms with Gasteiger partial charge in [0.2, 0.25) is 0 Å². The molecule has 0 spiro atoms. The Kier molecular flexibility index (Phi) is 3.59. The van der Waals surface area contributed by atoms with Crippen molar-refractivity contribution in [2.45, 2.75) is 13.0 Å². The summed E-state index contributed by atoms with van der Waals surface area (Å²) in [6.07, 6.45) is 0. The number of hydrogen-bond acceptors (Lipinski definition) is 3. The molecule has 1 N–H and O–H groups in total. The van der Waals surface area contributed by atoms with Gasteiger partial charge in [-0.2, -0.15) is 0 Å². The van der Waals surface area contributed by atoms with Gasteiger partial charge in [-0.15, -0.1) is 11.3 Å². The van der Waals surface area contributed by atoms with Crippen LogP contribution in [0.25, 0.3) is 0 Å². The fraction of sp³-hybridized carbons (Fsp3) is 0.250. The highest BCUT2D eigenvalue weighted by atomic mass is 35.5. The predicted molar refractivity (Wildman–Crippen MR) is 69.2 cm³/mol. The van der Waals surface area contributed by atoms with Crippen LogP contribution in [0.15, 0.2) is 29.8 Å². The van der Waals surface area contributed by atoms with Crippen molar-refractivity contribution in [1.82, 2.24) is 10.3 Å². The van der Waals surface area contributed by atoms with Crippen molar-refractivity contribution in [2.75, 3.05) is 7.05 Å². The van der Waals surface area contributed by atoms with Gasteiger partial charge in [-0.25, -0.2) is 4.98 Å². The molecule has 1 unspecified atom stereocenters. The van der Waals surface area contributed by atoms with Crippen LogP contribution in [0.4, 0.5) is 0 Å². The average molecular weight is 253 g/mol. The van der Waals surface area contributed by atoms with Gasteiger partial charge in [-0.1, -0.05) is 23.7 Å². The van der Waals surface area contributed by atoms with Crippen LogP contribution in [0.3, 0.4) is 0 Å². The van der Waals surface area contributed by atoms with E-state index < -0.39 is 0 Å². The van der Waals surface area contributed by atoms with Crippen LogP contribution in [0, 0.1) is 6.92 Å². The summed E-state index contributed by atoms with van der Waals surface area (Å²) in [5, 5.41) is 4.06.